The van der Waals surface area contributed by atoms with Gasteiger partial charge in [-0.25, -0.2) is 4.39 Å². The second-order valence-electron chi connectivity index (χ2n) is 1.11. The van der Waals surface area contributed by atoms with Crippen molar-refractivity contribution in [2.45, 2.75) is 0 Å². The molecule has 0 N–H and O–H groups in total. The van der Waals surface area contributed by atoms with E-state index in [0.717, 1.165) is 0 Å². The molecule has 0 heterocycles. The van der Waals surface area contributed by atoms with E-state index in [9.17, 15) is 4.39 Å². The van der Waals surface area contributed by atoms with Crippen LogP contribution in [-0.4, -0.2) is 0 Å². The van der Waals surface area contributed by atoms with Crippen LogP contribution in [0.1, 0.15) is 0 Å². The van der Waals surface area contributed by atoms with Gasteiger partial charge in [-0.15, -0.1) is 12.6 Å². The van der Waals surface area contributed by atoms with Crippen molar-refractivity contribution in [1.29, 1.82) is 0 Å². The van der Waals surface area contributed by atoms with Crippen molar-refractivity contribution < 1.29 is 4.39 Å². The van der Waals surface area contributed by atoms with Crippen LogP contribution in [0.15, 0.2) is 36.0 Å². The van der Waals surface area contributed by atoms with Crippen LogP contribution in [0.5, 0.6) is 0 Å². The SMILES string of the molecule is C=C/C(S)=C\C=C\F. The van der Waals surface area contributed by atoms with Gasteiger partial charge in [0, 0.05) is 4.91 Å². The summed E-state index contributed by atoms with van der Waals surface area (Å²) < 4.78 is 11.2. The summed E-state index contributed by atoms with van der Waals surface area (Å²) in [4.78, 5) is 0.652. The molecule has 8 heavy (non-hydrogen) atoms. The van der Waals surface area contributed by atoms with Crippen LogP contribution in [0, 0.1) is 0 Å². The molecule has 0 aromatic heterocycles. The van der Waals surface area contributed by atoms with Crippen LogP contribution in [-0.2, 0) is 0 Å². The van der Waals surface area contributed by atoms with Crippen LogP contribution >= 0.6 is 12.6 Å². The lowest BCUT2D eigenvalue weighted by atomic mass is 10.5. The Labute approximate surface area is 53.8 Å². The third-order valence-corrected chi connectivity index (χ3v) is 0.881. The van der Waals surface area contributed by atoms with Crippen molar-refractivity contribution in [1.82, 2.24) is 0 Å². The summed E-state index contributed by atoms with van der Waals surface area (Å²) >= 11 is 3.89. The Bertz CT molecular complexity index is 124. The summed E-state index contributed by atoms with van der Waals surface area (Å²) in [6.45, 7) is 3.41. The molecule has 0 fully saturated rings. The van der Waals surface area contributed by atoms with Gasteiger partial charge < -0.3 is 0 Å². The maximum absolute atomic E-state index is 11.2. The zero-order valence-electron chi connectivity index (χ0n) is 4.34. The molecule has 0 aromatic rings. The fourth-order valence-corrected chi connectivity index (χ4v) is 0.289. The summed E-state index contributed by atoms with van der Waals surface area (Å²) in [5, 5.41) is 0. The highest BCUT2D eigenvalue weighted by molar-refractivity contribution is 7.84. The Hall–Kier alpha value is -0.500. The maximum atomic E-state index is 11.2. The van der Waals surface area contributed by atoms with E-state index in [0.29, 0.717) is 11.2 Å². The van der Waals surface area contributed by atoms with Gasteiger partial charge in [-0.05, 0) is 12.2 Å². The summed E-state index contributed by atoms with van der Waals surface area (Å²) in [6.07, 6.45) is 4.74. The third kappa shape index (κ3) is 3.68. The lowest BCUT2D eigenvalue weighted by Crippen LogP contribution is -1.55. The van der Waals surface area contributed by atoms with E-state index in [1.54, 1.807) is 0 Å². The van der Waals surface area contributed by atoms with Gasteiger partial charge in [-0.1, -0.05) is 12.7 Å². The van der Waals surface area contributed by atoms with Crippen molar-refractivity contribution >= 4 is 12.6 Å². The Morgan fingerprint density at radius 2 is 2.25 bits per heavy atom. The Balaban J connectivity index is 3.74. The molecular formula is C6H7FS. The number of halogens is 1. The van der Waals surface area contributed by atoms with Gasteiger partial charge in [0.25, 0.3) is 0 Å². The van der Waals surface area contributed by atoms with Gasteiger partial charge in [-0.3, -0.25) is 0 Å². The zero-order chi connectivity index (χ0) is 6.41. The molecule has 0 saturated heterocycles. The molecule has 0 aliphatic carbocycles. The van der Waals surface area contributed by atoms with E-state index in [-0.39, 0.29) is 0 Å². The molecule has 44 valence electrons. The van der Waals surface area contributed by atoms with Crippen molar-refractivity contribution in [3.05, 3.63) is 36.0 Å². The maximum Gasteiger partial charge on any atom is 0.0867 e. The Morgan fingerprint density at radius 3 is 2.62 bits per heavy atom. The van der Waals surface area contributed by atoms with Crippen LogP contribution in [0.3, 0.4) is 0 Å². The first-order valence-corrected chi connectivity index (χ1v) is 2.54. The standard InChI is InChI=1S/C6H7FS/c1-2-6(8)4-3-5-7/h2-5,8H,1H2/b5-3+,6-4+. The fraction of sp³-hybridized carbons (Fsp3) is 0. The molecule has 0 atom stereocenters. The first kappa shape index (κ1) is 7.50. The second-order valence-corrected chi connectivity index (χ2v) is 1.63. The average molecular weight is 130 g/mol. The van der Waals surface area contributed by atoms with Gasteiger partial charge in [0.2, 0.25) is 0 Å². The predicted octanol–water partition coefficient (Wildman–Crippen LogP) is 2.47. The summed E-state index contributed by atoms with van der Waals surface area (Å²) in [5.41, 5.74) is 0. The average Bonchev–Trinajstić information content (AvgIpc) is 1.83. The van der Waals surface area contributed by atoms with E-state index in [4.69, 9.17) is 0 Å². The van der Waals surface area contributed by atoms with E-state index < -0.39 is 0 Å². The van der Waals surface area contributed by atoms with Gasteiger partial charge in [0.15, 0.2) is 0 Å². The first-order chi connectivity index (χ1) is 3.81. The number of rotatable bonds is 2. The largest absolute Gasteiger partial charge is 0.216 e. The van der Waals surface area contributed by atoms with E-state index in [1.165, 1.54) is 18.2 Å². The summed E-state index contributed by atoms with van der Waals surface area (Å²) in [6, 6.07) is 0. The minimum Gasteiger partial charge on any atom is -0.216 e. The molecule has 0 rings (SSSR count). The summed E-state index contributed by atoms with van der Waals surface area (Å²) in [7, 11) is 0. The lowest BCUT2D eigenvalue weighted by Gasteiger charge is -1.79. The van der Waals surface area contributed by atoms with Gasteiger partial charge in [0.1, 0.15) is 0 Å². The van der Waals surface area contributed by atoms with Crippen LogP contribution in [0.2, 0.25) is 0 Å². The molecule has 0 saturated carbocycles. The van der Waals surface area contributed by atoms with Gasteiger partial charge >= 0.3 is 0 Å². The predicted molar refractivity (Wildman–Crippen MR) is 37.5 cm³/mol. The fourth-order valence-electron chi connectivity index (χ4n) is 0.203. The quantitative estimate of drug-likeness (QED) is 0.431. The number of hydrogen-bond acceptors (Lipinski definition) is 1. The van der Waals surface area contributed by atoms with E-state index in [2.05, 4.69) is 19.2 Å². The van der Waals surface area contributed by atoms with Crippen molar-refractivity contribution in [3.8, 4) is 0 Å². The normalized spacial score (nSPS) is 12.5. The monoisotopic (exact) mass is 130 g/mol. The van der Waals surface area contributed by atoms with Gasteiger partial charge in [0.05, 0.1) is 6.33 Å². The molecule has 0 bridgehead atoms. The molecule has 0 amide bonds. The minimum atomic E-state index is 0.444. The highest BCUT2D eigenvalue weighted by atomic mass is 32.1. The highest BCUT2D eigenvalue weighted by Gasteiger charge is 1.72. The highest BCUT2D eigenvalue weighted by Crippen LogP contribution is 1.99. The molecule has 0 aromatic carbocycles. The number of hydrogen-bond donors (Lipinski definition) is 1. The molecular weight excluding hydrogens is 123 g/mol. The van der Waals surface area contributed by atoms with Crippen molar-refractivity contribution in [3.63, 3.8) is 0 Å². The van der Waals surface area contributed by atoms with E-state index in [1.807, 2.05) is 0 Å². The van der Waals surface area contributed by atoms with Crippen LogP contribution < -0.4 is 0 Å². The van der Waals surface area contributed by atoms with E-state index >= 15 is 0 Å². The molecule has 0 aliphatic rings. The van der Waals surface area contributed by atoms with Crippen LogP contribution in [0.25, 0.3) is 0 Å². The van der Waals surface area contributed by atoms with Crippen LogP contribution in [0.4, 0.5) is 4.39 Å². The molecule has 0 nitrogen and oxygen atoms in total. The molecule has 0 spiro atoms. The lowest BCUT2D eigenvalue weighted by molar-refractivity contribution is 0.721. The zero-order valence-corrected chi connectivity index (χ0v) is 5.24. The smallest absolute Gasteiger partial charge is 0.0867 e. The molecule has 0 aliphatic heterocycles. The minimum absolute atomic E-state index is 0.444. The topological polar surface area (TPSA) is 0 Å². The van der Waals surface area contributed by atoms with Crippen molar-refractivity contribution in [2.24, 2.45) is 0 Å². The molecule has 2 heteroatoms. The second kappa shape index (κ2) is 4.65. The molecule has 0 radical (unpaired) electrons. The Kier molecular flexibility index (Phi) is 4.36. The van der Waals surface area contributed by atoms with Crippen molar-refractivity contribution in [2.75, 3.05) is 0 Å². The number of thiol groups is 1. The number of allylic oxidation sites excluding steroid dienone is 3. The Morgan fingerprint density at radius 1 is 1.62 bits per heavy atom. The van der Waals surface area contributed by atoms with Gasteiger partial charge in [-0.2, -0.15) is 0 Å². The first-order valence-electron chi connectivity index (χ1n) is 2.09. The third-order valence-electron chi connectivity index (χ3n) is 0.549. The summed E-state index contributed by atoms with van der Waals surface area (Å²) in [5.74, 6) is 0. The molecule has 0 unspecified atom stereocenters.